The Morgan fingerprint density at radius 2 is 2.00 bits per heavy atom. The van der Waals surface area contributed by atoms with Gasteiger partial charge in [0, 0.05) is 12.7 Å². The van der Waals surface area contributed by atoms with Crippen molar-refractivity contribution in [3.8, 4) is 12.3 Å². The summed E-state index contributed by atoms with van der Waals surface area (Å²) in [4.78, 5) is 13.5. The van der Waals surface area contributed by atoms with Gasteiger partial charge < -0.3 is 10.2 Å². The summed E-state index contributed by atoms with van der Waals surface area (Å²) >= 11 is 0. The summed E-state index contributed by atoms with van der Waals surface area (Å²) in [5.74, 6) is 2.31. The molecule has 1 N–H and O–H groups in total. The molecule has 1 amide bonds. The minimum Gasteiger partial charge on any atom is -0.365 e. The van der Waals surface area contributed by atoms with Crippen LogP contribution in [0.2, 0.25) is 0 Å². The van der Waals surface area contributed by atoms with Crippen LogP contribution in [0.1, 0.15) is 0 Å². The number of hydrogen-bond acceptors (Lipinski definition) is 2. The average molecular weight is 252 g/mol. The van der Waals surface area contributed by atoms with Gasteiger partial charge in [-0.2, -0.15) is 0 Å². The number of benzene rings is 2. The summed E-state index contributed by atoms with van der Waals surface area (Å²) in [6.07, 6.45) is 5.10. The molecule has 96 valence electrons. The van der Waals surface area contributed by atoms with E-state index in [4.69, 9.17) is 6.42 Å². The smallest absolute Gasteiger partial charge is 0.240 e. The van der Waals surface area contributed by atoms with Crippen LogP contribution in [0, 0.1) is 12.3 Å². The van der Waals surface area contributed by atoms with Gasteiger partial charge in [0.25, 0.3) is 0 Å². The van der Waals surface area contributed by atoms with Crippen molar-refractivity contribution in [2.75, 3.05) is 25.0 Å². The SMILES string of the molecule is C#CCNC(=O)CN(C)c1ccc2ccccc2c1. The highest BCUT2D eigenvalue weighted by Gasteiger charge is 2.07. The summed E-state index contributed by atoms with van der Waals surface area (Å²) in [6, 6.07) is 14.3. The number of nitrogens with one attached hydrogen (secondary N) is 1. The van der Waals surface area contributed by atoms with Crippen LogP contribution in [-0.2, 0) is 4.79 Å². The first-order valence-corrected chi connectivity index (χ1v) is 6.11. The Kier molecular flexibility index (Phi) is 4.04. The van der Waals surface area contributed by atoms with Crippen molar-refractivity contribution in [2.45, 2.75) is 0 Å². The van der Waals surface area contributed by atoms with E-state index in [0.29, 0.717) is 6.54 Å². The molecule has 0 saturated carbocycles. The predicted molar refractivity (Wildman–Crippen MR) is 79.1 cm³/mol. The van der Waals surface area contributed by atoms with Crippen molar-refractivity contribution in [1.29, 1.82) is 0 Å². The number of nitrogens with zero attached hydrogens (tertiary/aromatic N) is 1. The first kappa shape index (κ1) is 13.0. The van der Waals surface area contributed by atoms with Crippen LogP contribution < -0.4 is 10.2 Å². The first-order chi connectivity index (χ1) is 9.20. The number of fused-ring (bicyclic) bond motifs is 1. The van der Waals surface area contributed by atoms with Crippen LogP contribution in [-0.4, -0.2) is 26.0 Å². The zero-order chi connectivity index (χ0) is 13.7. The number of anilines is 1. The molecule has 0 radical (unpaired) electrons. The fraction of sp³-hybridized carbons (Fsp3) is 0.188. The molecule has 3 nitrogen and oxygen atoms in total. The molecular weight excluding hydrogens is 236 g/mol. The lowest BCUT2D eigenvalue weighted by molar-refractivity contribution is -0.119. The van der Waals surface area contributed by atoms with Crippen LogP contribution >= 0.6 is 0 Å². The van der Waals surface area contributed by atoms with E-state index >= 15 is 0 Å². The van der Waals surface area contributed by atoms with Crippen molar-refractivity contribution >= 4 is 22.4 Å². The highest BCUT2D eigenvalue weighted by molar-refractivity contribution is 5.87. The third kappa shape index (κ3) is 3.26. The summed E-state index contributed by atoms with van der Waals surface area (Å²) in [5, 5.41) is 5.01. The highest BCUT2D eigenvalue weighted by atomic mass is 16.2. The Bertz CT molecular complexity index is 628. The molecule has 2 aromatic carbocycles. The van der Waals surface area contributed by atoms with Crippen LogP contribution in [0.15, 0.2) is 42.5 Å². The van der Waals surface area contributed by atoms with Gasteiger partial charge >= 0.3 is 0 Å². The second-order valence-corrected chi connectivity index (χ2v) is 4.37. The molecule has 0 fully saturated rings. The second-order valence-electron chi connectivity index (χ2n) is 4.37. The Balaban J connectivity index is 2.11. The maximum atomic E-state index is 11.6. The number of amides is 1. The standard InChI is InChI=1S/C16H16N2O/c1-3-10-17-16(19)12-18(2)15-9-8-13-6-4-5-7-14(13)11-15/h1,4-9,11H,10,12H2,2H3,(H,17,19). The number of rotatable bonds is 4. The molecule has 0 bridgehead atoms. The minimum atomic E-state index is -0.0754. The Labute approximate surface area is 113 Å². The second kappa shape index (κ2) is 5.92. The van der Waals surface area contributed by atoms with Crippen molar-refractivity contribution in [3.63, 3.8) is 0 Å². The van der Waals surface area contributed by atoms with Crippen LogP contribution in [0.3, 0.4) is 0 Å². The number of carbonyl (C=O) groups is 1. The lowest BCUT2D eigenvalue weighted by Gasteiger charge is -2.19. The number of likely N-dealkylation sites (N-methyl/N-ethyl adjacent to an activating group) is 1. The Morgan fingerprint density at radius 3 is 2.74 bits per heavy atom. The Hall–Kier alpha value is -2.47. The van der Waals surface area contributed by atoms with E-state index in [0.717, 1.165) is 11.1 Å². The molecular formula is C16H16N2O. The topological polar surface area (TPSA) is 32.3 Å². The van der Waals surface area contributed by atoms with Gasteiger partial charge in [0.15, 0.2) is 0 Å². The van der Waals surface area contributed by atoms with Gasteiger partial charge in [-0.25, -0.2) is 0 Å². The molecule has 0 aliphatic carbocycles. The Morgan fingerprint density at radius 1 is 1.26 bits per heavy atom. The van der Waals surface area contributed by atoms with Crippen LogP contribution in [0.5, 0.6) is 0 Å². The van der Waals surface area contributed by atoms with Crippen LogP contribution in [0.4, 0.5) is 5.69 Å². The monoisotopic (exact) mass is 252 g/mol. The van der Waals surface area contributed by atoms with E-state index in [1.54, 1.807) is 0 Å². The average Bonchev–Trinajstić information content (AvgIpc) is 2.44. The first-order valence-electron chi connectivity index (χ1n) is 6.11. The fourth-order valence-electron chi connectivity index (χ4n) is 1.93. The van der Waals surface area contributed by atoms with E-state index in [-0.39, 0.29) is 12.5 Å². The molecule has 3 heteroatoms. The van der Waals surface area contributed by atoms with Crippen molar-refractivity contribution in [1.82, 2.24) is 5.32 Å². The molecule has 2 rings (SSSR count). The molecule has 0 spiro atoms. The molecule has 0 aliphatic heterocycles. The fourth-order valence-corrected chi connectivity index (χ4v) is 1.93. The molecule has 2 aromatic rings. The summed E-state index contributed by atoms with van der Waals surface area (Å²) in [5.41, 5.74) is 1.01. The molecule has 19 heavy (non-hydrogen) atoms. The lowest BCUT2D eigenvalue weighted by Crippen LogP contribution is -2.35. The number of terminal acetylenes is 1. The summed E-state index contributed by atoms with van der Waals surface area (Å²) in [6.45, 7) is 0.560. The number of carbonyl (C=O) groups excluding carboxylic acids is 1. The predicted octanol–water partition coefficient (Wildman–Crippen LogP) is 2.03. The highest BCUT2D eigenvalue weighted by Crippen LogP contribution is 2.20. The van der Waals surface area contributed by atoms with E-state index < -0.39 is 0 Å². The summed E-state index contributed by atoms with van der Waals surface area (Å²) < 4.78 is 0. The number of hydrogen-bond donors (Lipinski definition) is 1. The van der Waals surface area contributed by atoms with Gasteiger partial charge in [0.1, 0.15) is 0 Å². The maximum absolute atomic E-state index is 11.6. The van der Waals surface area contributed by atoms with Gasteiger partial charge in [0.05, 0.1) is 13.1 Å². The van der Waals surface area contributed by atoms with E-state index in [1.165, 1.54) is 5.39 Å². The molecule has 0 aromatic heterocycles. The third-order valence-corrected chi connectivity index (χ3v) is 2.94. The largest absolute Gasteiger partial charge is 0.365 e. The lowest BCUT2D eigenvalue weighted by atomic mass is 10.1. The molecule has 0 saturated heterocycles. The minimum absolute atomic E-state index is 0.0754. The van der Waals surface area contributed by atoms with Gasteiger partial charge in [-0.15, -0.1) is 6.42 Å². The maximum Gasteiger partial charge on any atom is 0.240 e. The normalized spacial score (nSPS) is 9.89. The van der Waals surface area contributed by atoms with Crippen molar-refractivity contribution in [2.24, 2.45) is 0 Å². The van der Waals surface area contributed by atoms with Crippen LogP contribution in [0.25, 0.3) is 10.8 Å². The molecule has 0 aliphatic rings. The zero-order valence-electron chi connectivity index (χ0n) is 10.9. The third-order valence-electron chi connectivity index (χ3n) is 2.94. The zero-order valence-corrected chi connectivity index (χ0v) is 10.9. The van der Waals surface area contributed by atoms with E-state index in [9.17, 15) is 4.79 Å². The molecule has 0 atom stereocenters. The van der Waals surface area contributed by atoms with Gasteiger partial charge in [0.2, 0.25) is 5.91 Å². The van der Waals surface area contributed by atoms with E-state index in [1.807, 2.05) is 30.1 Å². The molecule has 0 unspecified atom stereocenters. The van der Waals surface area contributed by atoms with Gasteiger partial charge in [-0.1, -0.05) is 36.3 Å². The van der Waals surface area contributed by atoms with Crippen molar-refractivity contribution < 1.29 is 4.79 Å². The summed E-state index contributed by atoms with van der Waals surface area (Å²) in [7, 11) is 1.89. The quantitative estimate of drug-likeness (QED) is 0.844. The molecule has 0 heterocycles. The van der Waals surface area contributed by atoms with E-state index in [2.05, 4.69) is 35.5 Å². The van der Waals surface area contributed by atoms with Crippen molar-refractivity contribution in [3.05, 3.63) is 42.5 Å². The van der Waals surface area contributed by atoms with Gasteiger partial charge in [-0.3, -0.25) is 4.79 Å². The van der Waals surface area contributed by atoms with Gasteiger partial charge in [-0.05, 0) is 22.9 Å².